The van der Waals surface area contributed by atoms with Crippen molar-refractivity contribution in [1.82, 2.24) is 15.2 Å². The molecule has 0 aliphatic rings. The Labute approximate surface area is 190 Å². The number of halogens is 3. The van der Waals surface area contributed by atoms with Crippen LogP contribution in [-0.4, -0.2) is 21.3 Å². The van der Waals surface area contributed by atoms with Gasteiger partial charge in [-0.1, -0.05) is 30.3 Å². The van der Waals surface area contributed by atoms with Crippen molar-refractivity contribution in [2.45, 2.75) is 12.7 Å². The van der Waals surface area contributed by atoms with Gasteiger partial charge in [0, 0.05) is 23.0 Å². The third kappa shape index (κ3) is 5.33. The largest absolute Gasteiger partial charge is 0.846 e. The monoisotopic (exact) mass is 465 g/mol. The van der Waals surface area contributed by atoms with Crippen molar-refractivity contribution in [1.29, 1.82) is 5.26 Å². The zero-order chi connectivity index (χ0) is 24.1. The molecule has 0 unspecified atom stereocenters. The molecule has 0 spiro atoms. The fourth-order valence-corrected chi connectivity index (χ4v) is 3.02. The molecule has 0 amide bonds. The van der Waals surface area contributed by atoms with Gasteiger partial charge in [0.1, 0.15) is 12.4 Å². The summed E-state index contributed by atoms with van der Waals surface area (Å²) < 4.78 is 44.8. The number of nitrogens with zero attached hydrogens (tertiary/aromatic N) is 6. The fraction of sp³-hybridized carbons (Fsp3) is 0.0909. The molecule has 0 aliphatic heterocycles. The minimum atomic E-state index is -4.53. The molecule has 0 bridgehead atoms. The van der Waals surface area contributed by atoms with Crippen LogP contribution in [0.15, 0.2) is 76.8 Å². The van der Waals surface area contributed by atoms with E-state index in [1.165, 1.54) is 29.3 Å². The van der Waals surface area contributed by atoms with Gasteiger partial charge >= 0.3 is 12.1 Å². The molecule has 2 aromatic heterocycles. The lowest BCUT2D eigenvalue weighted by atomic mass is 10.0. The summed E-state index contributed by atoms with van der Waals surface area (Å²) in [5.74, 6) is -0.124. The molecule has 12 heteroatoms. The van der Waals surface area contributed by atoms with Gasteiger partial charge in [-0.3, -0.25) is 4.52 Å². The lowest BCUT2D eigenvalue weighted by Gasteiger charge is -2.14. The van der Waals surface area contributed by atoms with Crippen molar-refractivity contribution in [2.75, 3.05) is 5.32 Å². The second kappa shape index (κ2) is 9.37. The van der Waals surface area contributed by atoms with E-state index in [4.69, 9.17) is 4.52 Å². The van der Waals surface area contributed by atoms with Gasteiger partial charge in [0.15, 0.2) is 5.69 Å². The van der Waals surface area contributed by atoms with Crippen LogP contribution in [-0.2, 0) is 12.7 Å². The molecular formula is C22H14F3N7O2. The zero-order valence-electron chi connectivity index (χ0n) is 17.2. The number of amidine groups is 1. The molecule has 0 saturated carbocycles. The van der Waals surface area contributed by atoms with E-state index in [0.717, 1.165) is 23.3 Å². The second-order valence-electron chi connectivity index (χ2n) is 6.95. The zero-order valence-corrected chi connectivity index (χ0v) is 17.2. The molecule has 4 rings (SSSR count). The molecule has 34 heavy (non-hydrogen) atoms. The van der Waals surface area contributed by atoms with E-state index in [1.54, 1.807) is 6.20 Å². The highest BCUT2D eigenvalue weighted by atomic mass is 19.4. The number of aliphatic imine (C=N–C) groups is 1. The quantitative estimate of drug-likeness (QED) is 0.273. The number of alkyl halides is 3. The van der Waals surface area contributed by atoms with Gasteiger partial charge in [0.25, 0.3) is 6.20 Å². The number of benzene rings is 2. The van der Waals surface area contributed by atoms with E-state index in [1.807, 2.05) is 30.3 Å². The maximum absolute atomic E-state index is 12.8. The Morgan fingerprint density at radius 3 is 2.74 bits per heavy atom. The third-order valence-corrected chi connectivity index (χ3v) is 4.58. The van der Waals surface area contributed by atoms with Crippen LogP contribution in [0, 0.1) is 11.3 Å². The Balaban J connectivity index is 1.43. The Bertz CT molecular complexity index is 1380. The summed E-state index contributed by atoms with van der Waals surface area (Å²) in [6.07, 6.45) is -0.288. The molecule has 2 aromatic carbocycles. The summed E-state index contributed by atoms with van der Waals surface area (Å²) in [7, 11) is 0. The summed E-state index contributed by atoms with van der Waals surface area (Å²) in [5, 5.41) is 27.3. The highest BCUT2D eigenvalue weighted by Crippen LogP contribution is 2.30. The Hall–Kier alpha value is -4.79. The van der Waals surface area contributed by atoms with Crippen LogP contribution in [0.4, 0.5) is 24.7 Å². The van der Waals surface area contributed by atoms with Gasteiger partial charge in [-0.25, -0.2) is 15.0 Å². The number of rotatable bonds is 5. The maximum Gasteiger partial charge on any atom is 0.416 e. The van der Waals surface area contributed by atoms with Gasteiger partial charge in [-0.05, 0) is 28.4 Å². The lowest BCUT2D eigenvalue weighted by Crippen LogP contribution is -2.35. The van der Waals surface area contributed by atoms with Crippen molar-refractivity contribution in [3.8, 4) is 17.2 Å². The van der Waals surface area contributed by atoms with E-state index in [2.05, 4.69) is 25.5 Å². The molecule has 170 valence electrons. The molecule has 0 fully saturated rings. The van der Waals surface area contributed by atoms with Crippen molar-refractivity contribution in [3.63, 3.8) is 0 Å². The summed E-state index contributed by atoms with van der Waals surface area (Å²) in [6, 6.07) is 12.6. The number of nitrogens with one attached hydrogen (secondary N) is 1. The minimum absolute atomic E-state index is 0.0561. The summed E-state index contributed by atoms with van der Waals surface area (Å²) >= 11 is 0. The van der Waals surface area contributed by atoms with E-state index in [9.17, 15) is 23.5 Å². The van der Waals surface area contributed by atoms with Crippen LogP contribution < -0.4 is 15.1 Å². The van der Waals surface area contributed by atoms with Crippen molar-refractivity contribution in [3.05, 3.63) is 84.1 Å². The fourth-order valence-electron chi connectivity index (χ4n) is 3.02. The molecule has 1 N–H and O–H groups in total. The number of nitriles is 1. The van der Waals surface area contributed by atoms with Crippen LogP contribution in [0.1, 0.15) is 16.8 Å². The summed E-state index contributed by atoms with van der Waals surface area (Å²) in [6.45, 7) is 0.297. The molecular weight excluding hydrogens is 451 g/mol. The van der Waals surface area contributed by atoms with Gasteiger partial charge in [0.2, 0.25) is 11.8 Å². The standard InChI is InChI=1S/C22H14F3N7O2/c23-22(24,25)16-2-1-3-17(8-16)29-21(33)30-20-12-32(31-34-20)11-14-4-6-15(7-5-14)18-10-27-13-28-19(18)9-26/h1-8,10,12-13H,11H2,(H-,29,30,31,33). The Kier molecular flexibility index (Phi) is 6.18. The predicted octanol–water partition coefficient (Wildman–Crippen LogP) is 2.82. The summed E-state index contributed by atoms with van der Waals surface area (Å²) in [5.41, 5.74) is 1.55. The molecule has 0 aliphatic carbocycles. The number of hydrogen-bond acceptors (Lipinski definition) is 7. The Morgan fingerprint density at radius 2 is 2.00 bits per heavy atom. The van der Waals surface area contributed by atoms with Crippen LogP contribution >= 0.6 is 0 Å². The number of anilines is 1. The molecule has 0 saturated heterocycles. The minimum Gasteiger partial charge on any atom is -0.846 e. The normalized spacial score (nSPS) is 11.8. The van der Waals surface area contributed by atoms with E-state index in [0.29, 0.717) is 12.1 Å². The molecule has 9 nitrogen and oxygen atoms in total. The first-order chi connectivity index (χ1) is 16.3. The smallest absolute Gasteiger partial charge is 0.416 e. The predicted molar refractivity (Wildman–Crippen MR) is 110 cm³/mol. The number of hydrogen-bond donors (Lipinski definition) is 1. The van der Waals surface area contributed by atoms with Gasteiger partial charge in [-0.2, -0.15) is 18.4 Å². The Morgan fingerprint density at radius 1 is 1.21 bits per heavy atom. The highest BCUT2D eigenvalue weighted by Gasteiger charge is 2.30. The number of aromatic nitrogens is 4. The maximum atomic E-state index is 12.8. The third-order valence-electron chi connectivity index (χ3n) is 4.58. The first-order valence-corrected chi connectivity index (χ1v) is 9.67. The van der Waals surface area contributed by atoms with Gasteiger partial charge < -0.3 is 10.4 Å². The van der Waals surface area contributed by atoms with E-state index < -0.39 is 17.8 Å². The van der Waals surface area contributed by atoms with Crippen LogP contribution in [0.25, 0.3) is 11.1 Å². The first kappa shape index (κ1) is 22.4. The van der Waals surface area contributed by atoms with E-state index >= 15 is 0 Å². The average Bonchev–Trinajstić information content (AvgIpc) is 3.25. The molecule has 0 radical (unpaired) electrons. The highest BCUT2D eigenvalue weighted by molar-refractivity contribution is 5.87. The van der Waals surface area contributed by atoms with Crippen LogP contribution in [0.2, 0.25) is 0 Å². The molecule has 0 atom stereocenters. The van der Waals surface area contributed by atoms with Crippen molar-refractivity contribution in [2.24, 2.45) is 4.99 Å². The summed E-state index contributed by atoms with van der Waals surface area (Å²) in [4.78, 5) is 11.5. The van der Waals surface area contributed by atoms with Crippen molar-refractivity contribution < 1.29 is 27.5 Å². The molecule has 4 aromatic rings. The lowest BCUT2D eigenvalue weighted by molar-refractivity contribution is -0.754. The van der Waals surface area contributed by atoms with Gasteiger partial charge in [0.05, 0.1) is 11.6 Å². The SMILES string of the molecule is N#Cc1ncncc1-c1ccc(C[n+]2cc(/N=C(\[O-])Nc3cccc(C(F)(F)F)c3)on2)cc1. The van der Waals surface area contributed by atoms with Crippen molar-refractivity contribution >= 4 is 17.6 Å². The second-order valence-corrected chi connectivity index (χ2v) is 6.95. The van der Waals surface area contributed by atoms with Crippen LogP contribution in [0.5, 0.6) is 0 Å². The molecule has 2 heterocycles. The van der Waals surface area contributed by atoms with E-state index in [-0.39, 0.29) is 17.3 Å². The average molecular weight is 465 g/mol. The van der Waals surface area contributed by atoms with Gasteiger partial charge in [-0.15, -0.1) is 0 Å². The first-order valence-electron chi connectivity index (χ1n) is 9.67. The topological polar surface area (TPSA) is 127 Å². The van der Waals surface area contributed by atoms with Crippen LogP contribution in [0.3, 0.4) is 0 Å².